The summed E-state index contributed by atoms with van der Waals surface area (Å²) in [4.78, 5) is 11.2. The molecule has 0 aliphatic heterocycles. The van der Waals surface area contributed by atoms with Crippen molar-refractivity contribution in [2.24, 2.45) is 0 Å². The Labute approximate surface area is 103 Å². The van der Waals surface area contributed by atoms with Gasteiger partial charge < -0.3 is 9.84 Å². The minimum absolute atomic E-state index is 0.0985. The van der Waals surface area contributed by atoms with Crippen LogP contribution in [0.25, 0.3) is 0 Å². The molecule has 0 saturated carbocycles. The van der Waals surface area contributed by atoms with Crippen LogP contribution in [0, 0.1) is 7.14 Å². The van der Waals surface area contributed by atoms with Crippen LogP contribution in [0.2, 0.25) is 0 Å². The smallest absolute Gasteiger partial charge is 0.339 e. The number of rotatable bonds is 1. The molecule has 0 bridgehead atoms. The van der Waals surface area contributed by atoms with E-state index in [0.717, 1.165) is 7.14 Å². The molecule has 1 rings (SSSR count). The van der Waals surface area contributed by atoms with Crippen LogP contribution >= 0.6 is 45.2 Å². The SMILES string of the molecule is COC(=O)c1cc(O)c(I)cc1I. The van der Waals surface area contributed by atoms with Gasteiger partial charge in [0, 0.05) is 3.57 Å². The molecule has 0 unspecified atom stereocenters. The topological polar surface area (TPSA) is 46.5 Å². The maximum Gasteiger partial charge on any atom is 0.339 e. The molecule has 0 amide bonds. The van der Waals surface area contributed by atoms with Gasteiger partial charge in [-0.3, -0.25) is 0 Å². The molecule has 5 heteroatoms. The number of aromatic hydroxyl groups is 1. The lowest BCUT2D eigenvalue weighted by Crippen LogP contribution is -2.03. The number of hydrogen-bond acceptors (Lipinski definition) is 3. The fourth-order valence-corrected chi connectivity index (χ4v) is 2.55. The van der Waals surface area contributed by atoms with Gasteiger partial charge in [0.2, 0.25) is 0 Å². The molecule has 3 nitrogen and oxygen atoms in total. The number of phenols is 1. The summed E-state index contributed by atoms with van der Waals surface area (Å²) in [5, 5.41) is 9.35. The number of phenolic OH excluding ortho intramolecular Hbond substituents is 1. The van der Waals surface area contributed by atoms with E-state index >= 15 is 0 Å². The predicted molar refractivity (Wildman–Crippen MR) is 64.9 cm³/mol. The van der Waals surface area contributed by atoms with Gasteiger partial charge in [-0.1, -0.05) is 0 Å². The minimum Gasteiger partial charge on any atom is -0.507 e. The van der Waals surface area contributed by atoms with E-state index in [0.29, 0.717) is 5.56 Å². The van der Waals surface area contributed by atoms with E-state index in [1.54, 1.807) is 6.07 Å². The molecule has 0 saturated heterocycles. The fourth-order valence-electron chi connectivity index (χ4n) is 0.804. The summed E-state index contributed by atoms with van der Waals surface area (Å²) in [6.45, 7) is 0. The van der Waals surface area contributed by atoms with E-state index in [1.807, 2.05) is 45.2 Å². The Bertz CT molecular complexity index is 349. The van der Waals surface area contributed by atoms with Crippen molar-refractivity contribution in [3.63, 3.8) is 0 Å². The van der Waals surface area contributed by atoms with Crippen molar-refractivity contribution in [3.05, 3.63) is 24.8 Å². The van der Waals surface area contributed by atoms with E-state index in [9.17, 15) is 9.90 Å². The monoisotopic (exact) mass is 404 g/mol. The van der Waals surface area contributed by atoms with Crippen LogP contribution in [-0.4, -0.2) is 18.2 Å². The van der Waals surface area contributed by atoms with Gasteiger partial charge in [-0.05, 0) is 57.3 Å². The first-order valence-corrected chi connectivity index (χ1v) is 5.48. The van der Waals surface area contributed by atoms with E-state index in [-0.39, 0.29) is 5.75 Å². The highest BCUT2D eigenvalue weighted by Gasteiger charge is 2.12. The van der Waals surface area contributed by atoms with E-state index in [1.165, 1.54) is 13.2 Å². The number of esters is 1. The lowest BCUT2D eigenvalue weighted by molar-refractivity contribution is 0.0599. The average Bonchev–Trinajstić information content (AvgIpc) is 2.10. The Balaban J connectivity index is 3.23. The van der Waals surface area contributed by atoms with Crippen LogP contribution in [-0.2, 0) is 4.74 Å². The number of carbonyl (C=O) groups is 1. The highest BCUT2D eigenvalue weighted by atomic mass is 127. The number of hydrogen-bond donors (Lipinski definition) is 1. The van der Waals surface area contributed by atoms with Crippen LogP contribution in [0.5, 0.6) is 5.75 Å². The zero-order chi connectivity index (χ0) is 10.0. The molecule has 0 aliphatic carbocycles. The average molecular weight is 404 g/mol. The summed E-state index contributed by atoms with van der Waals surface area (Å²) in [6, 6.07) is 3.14. The molecule has 0 spiro atoms. The quantitative estimate of drug-likeness (QED) is 0.578. The highest BCUT2D eigenvalue weighted by molar-refractivity contribution is 14.1. The third-order valence-corrected chi connectivity index (χ3v) is 3.20. The lowest BCUT2D eigenvalue weighted by Gasteiger charge is -2.04. The second kappa shape index (κ2) is 4.45. The zero-order valence-electron chi connectivity index (χ0n) is 6.67. The fraction of sp³-hybridized carbons (Fsp3) is 0.125. The second-order valence-corrected chi connectivity index (χ2v) is 4.60. The van der Waals surface area contributed by atoms with Gasteiger partial charge in [0.25, 0.3) is 0 Å². The Kier molecular flexibility index (Phi) is 3.77. The Hall–Kier alpha value is -0.0500. The third-order valence-electron chi connectivity index (χ3n) is 1.44. The van der Waals surface area contributed by atoms with E-state index in [4.69, 9.17) is 0 Å². The molecule has 0 aromatic heterocycles. The molecule has 1 N–H and O–H groups in total. The summed E-state index contributed by atoms with van der Waals surface area (Å²) in [7, 11) is 1.31. The first-order chi connectivity index (χ1) is 6.06. The Morgan fingerprint density at radius 3 is 2.54 bits per heavy atom. The first kappa shape index (κ1) is 11.0. The zero-order valence-corrected chi connectivity index (χ0v) is 11.0. The molecule has 0 atom stereocenters. The van der Waals surface area contributed by atoms with Crippen molar-refractivity contribution in [2.75, 3.05) is 7.11 Å². The standard InChI is InChI=1S/C8H6I2O3/c1-13-8(12)4-2-7(11)6(10)3-5(4)9/h2-3,11H,1H3. The van der Waals surface area contributed by atoms with Crippen molar-refractivity contribution < 1.29 is 14.6 Å². The molecular weight excluding hydrogens is 398 g/mol. The van der Waals surface area contributed by atoms with Crippen LogP contribution in [0.4, 0.5) is 0 Å². The van der Waals surface area contributed by atoms with E-state index in [2.05, 4.69) is 4.74 Å². The number of ether oxygens (including phenoxy) is 1. The number of halogens is 2. The minimum atomic E-state index is -0.434. The van der Waals surface area contributed by atoms with Gasteiger partial charge in [0.15, 0.2) is 0 Å². The van der Waals surface area contributed by atoms with Crippen molar-refractivity contribution >= 4 is 51.2 Å². The summed E-state index contributed by atoms with van der Waals surface area (Å²) < 4.78 is 6.04. The summed E-state index contributed by atoms with van der Waals surface area (Å²) in [5.41, 5.74) is 0.390. The van der Waals surface area contributed by atoms with Gasteiger partial charge in [-0.15, -0.1) is 0 Å². The number of methoxy groups -OCH3 is 1. The maximum atomic E-state index is 11.2. The normalized spacial score (nSPS) is 9.77. The molecule has 1 aromatic carbocycles. The van der Waals surface area contributed by atoms with Gasteiger partial charge in [0.1, 0.15) is 5.75 Å². The van der Waals surface area contributed by atoms with Gasteiger partial charge >= 0.3 is 5.97 Å². The van der Waals surface area contributed by atoms with Crippen molar-refractivity contribution in [2.45, 2.75) is 0 Å². The van der Waals surface area contributed by atoms with Crippen molar-refractivity contribution in [1.82, 2.24) is 0 Å². The highest BCUT2D eigenvalue weighted by Crippen LogP contribution is 2.25. The predicted octanol–water partition coefficient (Wildman–Crippen LogP) is 2.39. The Morgan fingerprint density at radius 1 is 1.38 bits per heavy atom. The largest absolute Gasteiger partial charge is 0.507 e. The van der Waals surface area contributed by atoms with Gasteiger partial charge in [-0.2, -0.15) is 0 Å². The molecule has 0 heterocycles. The van der Waals surface area contributed by atoms with Crippen LogP contribution in [0.1, 0.15) is 10.4 Å². The van der Waals surface area contributed by atoms with Gasteiger partial charge in [-0.25, -0.2) is 4.79 Å². The van der Waals surface area contributed by atoms with Crippen LogP contribution in [0.3, 0.4) is 0 Å². The van der Waals surface area contributed by atoms with Crippen molar-refractivity contribution in [1.29, 1.82) is 0 Å². The Morgan fingerprint density at radius 2 is 2.00 bits per heavy atom. The van der Waals surface area contributed by atoms with Crippen LogP contribution < -0.4 is 0 Å². The molecule has 1 aromatic rings. The summed E-state index contributed by atoms with van der Waals surface area (Å²) in [6.07, 6.45) is 0. The maximum absolute atomic E-state index is 11.2. The van der Waals surface area contributed by atoms with E-state index < -0.39 is 5.97 Å². The molecule has 70 valence electrons. The molecular formula is C8H6I2O3. The van der Waals surface area contributed by atoms with Crippen molar-refractivity contribution in [3.8, 4) is 5.75 Å². The van der Waals surface area contributed by atoms with Gasteiger partial charge in [0.05, 0.1) is 16.2 Å². The number of benzene rings is 1. The molecule has 0 radical (unpaired) electrons. The molecule has 0 aliphatic rings. The summed E-state index contributed by atoms with van der Waals surface area (Å²) >= 11 is 4.02. The summed E-state index contributed by atoms with van der Waals surface area (Å²) in [5.74, 6) is -0.336. The lowest BCUT2D eigenvalue weighted by atomic mass is 10.2. The van der Waals surface area contributed by atoms with Crippen LogP contribution in [0.15, 0.2) is 12.1 Å². The number of carbonyl (C=O) groups excluding carboxylic acids is 1. The molecule has 0 fully saturated rings. The first-order valence-electron chi connectivity index (χ1n) is 3.32. The molecule has 13 heavy (non-hydrogen) atoms. The second-order valence-electron chi connectivity index (χ2n) is 2.28. The third kappa shape index (κ3) is 2.46.